The molecule has 2 aromatic heterocycles. The molecule has 0 radical (unpaired) electrons. The molecule has 1 aromatic carbocycles. The number of carbonyl (C=O) groups excluding carboxylic acids is 1. The number of hydrogen-bond donors (Lipinski definition) is 2. The van der Waals surface area contributed by atoms with E-state index in [0.29, 0.717) is 23.9 Å². The second-order valence-electron chi connectivity index (χ2n) is 5.86. The van der Waals surface area contributed by atoms with Gasteiger partial charge in [-0.15, -0.1) is 0 Å². The predicted molar refractivity (Wildman–Crippen MR) is 98.0 cm³/mol. The smallest absolute Gasteiger partial charge is 0.247 e. The Kier molecular flexibility index (Phi) is 5.48. The lowest BCUT2D eigenvalue weighted by atomic mass is 10.2. The maximum absolute atomic E-state index is 12.2. The van der Waals surface area contributed by atoms with Gasteiger partial charge in [0, 0.05) is 35.8 Å². The van der Waals surface area contributed by atoms with Crippen molar-refractivity contribution in [1.29, 1.82) is 0 Å². The highest BCUT2D eigenvalue weighted by atomic mass is 16.5. The molecule has 0 fully saturated rings. The van der Waals surface area contributed by atoms with E-state index in [1.807, 2.05) is 36.4 Å². The highest BCUT2D eigenvalue weighted by molar-refractivity contribution is 5.95. The zero-order valence-corrected chi connectivity index (χ0v) is 14.6. The van der Waals surface area contributed by atoms with Gasteiger partial charge in [-0.3, -0.25) is 9.78 Å². The fourth-order valence-electron chi connectivity index (χ4n) is 2.30. The molecule has 0 aliphatic heterocycles. The lowest BCUT2D eigenvalue weighted by Crippen LogP contribution is -2.31. The van der Waals surface area contributed by atoms with Gasteiger partial charge >= 0.3 is 0 Å². The number of rotatable bonds is 7. The minimum atomic E-state index is -0.458. The third kappa shape index (κ3) is 4.83. The van der Waals surface area contributed by atoms with E-state index in [1.54, 1.807) is 32.3 Å². The van der Waals surface area contributed by atoms with Crippen LogP contribution in [0.15, 0.2) is 59.4 Å². The monoisotopic (exact) mass is 352 g/mol. The molecule has 3 rings (SSSR count). The standard InChI is InChI=1S/C19H20N4O3/c1-13-9-18(23-26-13)22-19(24)14(2)21-16-6-3-7-17(10-16)25-12-15-5-4-8-20-11-15/h3-11,14,21H,12H2,1-2H3,(H,22,23,24)/t14-/m0/s1. The first-order chi connectivity index (χ1) is 12.6. The van der Waals surface area contributed by atoms with Gasteiger partial charge in [0.1, 0.15) is 24.2 Å². The van der Waals surface area contributed by atoms with Crippen molar-refractivity contribution in [3.05, 3.63) is 66.2 Å². The Morgan fingerprint density at radius 2 is 2.15 bits per heavy atom. The van der Waals surface area contributed by atoms with Crippen LogP contribution in [0, 0.1) is 6.92 Å². The quantitative estimate of drug-likeness (QED) is 0.677. The first-order valence-corrected chi connectivity index (χ1v) is 8.22. The Balaban J connectivity index is 1.56. The number of aryl methyl sites for hydroxylation is 1. The lowest BCUT2D eigenvalue weighted by molar-refractivity contribution is -0.116. The molecule has 2 heterocycles. The van der Waals surface area contributed by atoms with Crippen molar-refractivity contribution in [2.24, 2.45) is 0 Å². The van der Waals surface area contributed by atoms with Gasteiger partial charge in [-0.1, -0.05) is 17.3 Å². The number of hydrogen-bond acceptors (Lipinski definition) is 6. The molecule has 1 amide bonds. The van der Waals surface area contributed by atoms with Crippen molar-refractivity contribution >= 4 is 17.4 Å². The molecule has 0 aliphatic rings. The molecule has 0 saturated heterocycles. The largest absolute Gasteiger partial charge is 0.489 e. The number of pyridine rings is 1. The van der Waals surface area contributed by atoms with Crippen LogP contribution in [0.3, 0.4) is 0 Å². The van der Waals surface area contributed by atoms with E-state index in [9.17, 15) is 4.79 Å². The number of carbonyl (C=O) groups is 1. The summed E-state index contributed by atoms with van der Waals surface area (Å²) in [7, 11) is 0. The Hall–Kier alpha value is -3.35. The van der Waals surface area contributed by atoms with Gasteiger partial charge in [0.05, 0.1) is 0 Å². The molecule has 7 nitrogen and oxygen atoms in total. The molecule has 0 spiro atoms. The van der Waals surface area contributed by atoms with Gasteiger partial charge in [-0.2, -0.15) is 0 Å². The minimum Gasteiger partial charge on any atom is -0.489 e. The summed E-state index contributed by atoms with van der Waals surface area (Å²) in [6.45, 7) is 3.96. The Morgan fingerprint density at radius 1 is 1.27 bits per heavy atom. The van der Waals surface area contributed by atoms with Crippen molar-refractivity contribution in [2.75, 3.05) is 10.6 Å². The normalized spacial score (nSPS) is 11.6. The second kappa shape index (κ2) is 8.15. The third-order valence-corrected chi connectivity index (χ3v) is 3.62. The van der Waals surface area contributed by atoms with Crippen LogP contribution in [0.4, 0.5) is 11.5 Å². The first kappa shape index (κ1) is 17.5. The zero-order valence-electron chi connectivity index (χ0n) is 14.6. The number of nitrogens with one attached hydrogen (secondary N) is 2. The van der Waals surface area contributed by atoms with Crippen LogP contribution in [-0.4, -0.2) is 22.1 Å². The average Bonchev–Trinajstić information content (AvgIpc) is 3.06. The number of anilines is 2. The Labute approximate surface area is 151 Å². The number of nitrogens with zero attached hydrogens (tertiary/aromatic N) is 2. The van der Waals surface area contributed by atoms with Crippen LogP contribution >= 0.6 is 0 Å². The van der Waals surface area contributed by atoms with E-state index >= 15 is 0 Å². The van der Waals surface area contributed by atoms with Crippen LogP contribution in [-0.2, 0) is 11.4 Å². The molecule has 134 valence electrons. The topological polar surface area (TPSA) is 89.3 Å². The van der Waals surface area contributed by atoms with Crippen molar-refractivity contribution in [1.82, 2.24) is 10.1 Å². The molecule has 3 aromatic rings. The van der Waals surface area contributed by atoms with Gasteiger partial charge in [-0.05, 0) is 32.0 Å². The highest BCUT2D eigenvalue weighted by Crippen LogP contribution is 2.19. The summed E-state index contributed by atoms with van der Waals surface area (Å²) in [5.41, 5.74) is 1.77. The van der Waals surface area contributed by atoms with E-state index in [1.165, 1.54) is 0 Å². The molecule has 0 aliphatic carbocycles. The van der Waals surface area contributed by atoms with Gasteiger partial charge in [0.15, 0.2) is 5.82 Å². The summed E-state index contributed by atoms with van der Waals surface area (Å²) >= 11 is 0. The SMILES string of the molecule is Cc1cc(NC(=O)[C@H](C)Nc2cccc(OCc3cccnc3)c2)no1. The average molecular weight is 352 g/mol. The van der Waals surface area contributed by atoms with E-state index in [4.69, 9.17) is 9.26 Å². The van der Waals surface area contributed by atoms with E-state index in [-0.39, 0.29) is 5.91 Å². The van der Waals surface area contributed by atoms with Crippen molar-refractivity contribution < 1.29 is 14.1 Å². The van der Waals surface area contributed by atoms with Crippen LogP contribution < -0.4 is 15.4 Å². The molecule has 0 saturated carbocycles. The molecule has 0 bridgehead atoms. The number of amides is 1. The first-order valence-electron chi connectivity index (χ1n) is 8.22. The van der Waals surface area contributed by atoms with E-state index < -0.39 is 6.04 Å². The molecular weight excluding hydrogens is 332 g/mol. The minimum absolute atomic E-state index is 0.208. The summed E-state index contributed by atoms with van der Waals surface area (Å²) in [5.74, 6) is 1.53. The Bertz CT molecular complexity index is 864. The maximum Gasteiger partial charge on any atom is 0.247 e. The number of ether oxygens (including phenoxy) is 1. The molecule has 0 unspecified atom stereocenters. The van der Waals surface area contributed by atoms with E-state index in [2.05, 4.69) is 20.8 Å². The zero-order chi connectivity index (χ0) is 18.4. The van der Waals surface area contributed by atoms with E-state index in [0.717, 1.165) is 11.3 Å². The van der Waals surface area contributed by atoms with Crippen LogP contribution in [0.1, 0.15) is 18.2 Å². The van der Waals surface area contributed by atoms with Crippen molar-refractivity contribution in [2.45, 2.75) is 26.5 Å². The Morgan fingerprint density at radius 3 is 2.88 bits per heavy atom. The molecular formula is C19H20N4O3. The lowest BCUT2D eigenvalue weighted by Gasteiger charge is -2.15. The summed E-state index contributed by atoms with van der Waals surface area (Å²) in [4.78, 5) is 16.3. The summed E-state index contributed by atoms with van der Waals surface area (Å²) < 4.78 is 10.7. The van der Waals surface area contributed by atoms with Crippen molar-refractivity contribution in [3.63, 3.8) is 0 Å². The van der Waals surface area contributed by atoms with Gasteiger partial charge in [-0.25, -0.2) is 0 Å². The summed E-state index contributed by atoms with van der Waals surface area (Å²) in [5, 5.41) is 9.60. The molecule has 2 N–H and O–H groups in total. The molecule has 26 heavy (non-hydrogen) atoms. The highest BCUT2D eigenvalue weighted by Gasteiger charge is 2.14. The van der Waals surface area contributed by atoms with Crippen molar-refractivity contribution in [3.8, 4) is 5.75 Å². The fourth-order valence-corrected chi connectivity index (χ4v) is 2.30. The van der Waals surface area contributed by atoms with Crippen LogP contribution in [0.25, 0.3) is 0 Å². The summed E-state index contributed by atoms with van der Waals surface area (Å²) in [6, 6.07) is 12.5. The molecule has 1 atom stereocenters. The second-order valence-corrected chi connectivity index (χ2v) is 5.86. The summed E-state index contributed by atoms with van der Waals surface area (Å²) in [6.07, 6.45) is 3.49. The van der Waals surface area contributed by atoms with Crippen LogP contribution in [0.5, 0.6) is 5.75 Å². The third-order valence-electron chi connectivity index (χ3n) is 3.62. The number of benzene rings is 1. The predicted octanol–water partition coefficient (Wildman–Crippen LogP) is 3.40. The maximum atomic E-state index is 12.2. The van der Waals surface area contributed by atoms with Gasteiger partial charge in [0.2, 0.25) is 5.91 Å². The fraction of sp³-hybridized carbons (Fsp3) is 0.211. The van der Waals surface area contributed by atoms with Gasteiger partial charge in [0.25, 0.3) is 0 Å². The molecule has 7 heteroatoms. The van der Waals surface area contributed by atoms with Crippen LogP contribution in [0.2, 0.25) is 0 Å². The van der Waals surface area contributed by atoms with Gasteiger partial charge < -0.3 is 19.9 Å². The number of aromatic nitrogens is 2.